The van der Waals surface area contributed by atoms with Crippen molar-refractivity contribution in [3.8, 4) is 0 Å². The highest BCUT2D eigenvalue weighted by Crippen LogP contribution is 2.26. The number of hydrogen-bond acceptors (Lipinski definition) is 3. The van der Waals surface area contributed by atoms with Crippen LogP contribution >= 0.6 is 22.9 Å². The van der Waals surface area contributed by atoms with E-state index in [9.17, 15) is 0 Å². The van der Waals surface area contributed by atoms with Crippen LogP contribution < -0.4 is 5.73 Å². The molecule has 0 fully saturated rings. The number of aryl methyl sites for hydroxylation is 1. The molecule has 0 spiro atoms. The summed E-state index contributed by atoms with van der Waals surface area (Å²) in [7, 11) is 0. The Hall–Kier alpha value is -0.640. The molecule has 2 nitrogen and oxygen atoms in total. The summed E-state index contributed by atoms with van der Waals surface area (Å²) in [6.07, 6.45) is 3.13. The molecule has 0 bridgehead atoms. The summed E-state index contributed by atoms with van der Waals surface area (Å²) >= 11 is 7.81. The third kappa shape index (κ3) is 2.48. The second-order valence-corrected chi connectivity index (χ2v) is 4.80. The average Bonchev–Trinajstić information content (AvgIpc) is 2.65. The van der Waals surface area contributed by atoms with E-state index in [0.29, 0.717) is 0 Å². The first-order chi connectivity index (χ1) is 7.31. The van der Waals surface area contributed by atoms with E-state index >= 15 is 0 Å². The zero-order valence-corrected chi connectivity index (χ0v) is 9.94. The monoisotopic (exact) mass is 240 g/mol. The molecular weight excluding hydrogens is 228 g/mol. The lowest BCUT2D eigenvalue weighted by Crippen LogP contribution is -1.99. The molecule has 0 atom stereocenters. The van der Waals surface area contributed by atoms with Crippen molar-refractivity contribution in [3.05, 3.63) is 28.2 Å². The Balaban J connectivity index is 2.22. The molecule has 0 aliphatic rings. The summed E-state index contributed by atoms with van der Waals surface area (Å²) in [6, 6.07) is 4.09. The highest BCUT2D eigenvalue weighted by Gasteiger charge is 2.04. The van der Waals surface area contributed by atoms with Crippen molar-refractivity contribution in [1.29, 1.82) is 0 Å². The van der Waals surface area contributed by atoms with E-state index in [2.05, 4.69) is 11.1 Å². The number of benzene rings is 1. The van der Waals surface area contributed by atoms with Crippen molar-refractivity contribution in [2.75, 3.05) is 6.54 Å². The maximum absolute atomic E-state index is 6.19. The van der Waals surface area contributed by atoms with Crippen molar-refractivity contribution in [3.63, 3.8) is 0 Å². The van der Waals surface area contributed by atoms with Crippen LogP contribution in [0.3, 0.4) is 0 Å². The van der Waals surface area contributed by atoms with Gasteiger partial charge in [-0.2, -0.15) is 0 Å². The van der Waals surface area contributed by atoms with E-state index < -0.39 is 0 Å². The van der Waals surface area contributed by atoms with Gasteiger partial charge in [0.05, 0.1) is 15.7 Å². The Morgan fingerprint density at radius 2 is 2.20 bits per heavy atom. The first-order valence-electron chi connectivity index (χ1n) is 5.03. The second-order valence-electron chi connectivity index (χ2n) is 3.51. The van der Waals surface area contributed by atoms with Gasteiger partial charge >= 0.3 is 0 Å². The first kappa shape index (κ1) is 10.9. The largest absolute Gasteiger partial charge is 0.330 e. The summed E-state index contributed by atoms with van der Waals surface area (Å²) in [5.74, 6) is 0. The molecule has 0 saturated heterocycles. The third-order valence-corrected chi connectivity index (χ3v) is 3.54. The molecular formula is C11H13ClN2S. The van der Waals surface area contributed by atoms with Gasteiger partial charge in [-0.15, -0.1) is 11.3 Å². The van der Waals surface area contributed by atoms with Crippen molar-refractivity contribution < 1.29 is 0 Å². The normalized spacial score (nSPS) is 11.1. The minimum absolute atomic E-state index is 0.747. The van der Waals surface area contributed by atoms with Crippen molar-refractivity contribution in [2.24, 2.45) is 5.73 Å². The van der Waals surface area contributed by atoms with E-state index in [4.69, 9.17) is 17.3 Å². The standard InChI is InChI=1S/C11H13ClN2S/c12-9-6-11-10(14-7-15-11)5-8(9)3-1-2-4-13/h5-7H,1-4,13H2. The van der Waals surface area contributed by atoms with Gasteiger partial charge in [0.2, 0.25) is 0 Å². The fraction of sp³-hybridized carbons (Fsp3) is 0.364. The Labute approximate surface area is 98.1 Å². The molecule has 0 amide bonds. The fourth-order valence-corrected chi connectivity index (χ4v) is 2.59. The summed E-state index contributed by atoms with van der Waals surface area (Å²) < 4.78 is 1.16. The molecule has 1 heterocycles. The number of halogens is 1. The third-order valence-electron chi connectivity index (χ3n) is 2.40. The van der Waals surface area contributed by atoms with E-state index in [1.165, 1.54) is 5.56 Å². The predicted octanol–water partition coefficient (Wildman–Crippen LogP) is 3.23. The van der Waals surface area contributed by atoms with Gasteiger partial charge in [-0.05, 0) is 43.5 Å². The molecule has 0 unspecified atom stereocenters. The number of unbranched alkanes of at least 4 members (excludes halogenated alkanes) is 1. The molecule has 0 saturated carbocycles. The number of hydrogen-bond donors (Lipinski definition) is 1. The van der Waals surface area contributed by atoms with Crippen LogP contribution in [0.2, 0.25) is 5.02 Å². The fourth-order valence-electron chi connectivity index (χ4n) is 1.57. The molecule has 1 aromatic carbocycles. The van der Waals surface area contributed by atoms with Gasteiger partial charge in [-0.3, -0.25) is 0 Å². The maximum atomic E-state index is 6.19. The molecule has 4 heteroatoms. The summed E-state index contributed by atoms with van der Waals surface area (Å²) in [6.45, 7) is 0.747. The lowest BCUT2D eigenvalue weighted by Gasteiger charge is -2.03. The van der Waals surface area contributed by atoms with Crippen molar-refractivity contribution in [1.82, 2.24) is 4.98 Å². The minimum atomic E-state index is 0.747. The Bertz CT molecular complexity index is 453. The lowest BCUT2D eigenvalue weighted by atomic mass is 10.1. The van der Waals surface area contributed by atoms with E-state index in [0.717, 1.165) is 41.0 Å². The van der Waals surface area contributed by atoms with Gasteiger partial charge in [0, 0.05) is 5.02 Å². The minimum Gasteiger partial charge on any atom is -0.330 e. The molecule has 2 aromatic rings. The van der Waals surface area contributed by atoms with Crippen LogP contribution in [0.5, 0.6) is 0 Å². The molecule has 2 rings (SSSR count). The zero-order valence-electron chi connectivity index (χ0n) is 8.37. The number of fused-ring (bicyclic) bond motifs is 1. The lowest BCUT2D eigenvalue weighted by molar-refractivity contribution is 0.745. The van der Waals surface area contributed by atoms with Gasteiger partial charge in [0.15, 0.2) is 0 Å². The zero-order chi connectivity index (χ0) is 10.7. The number of nitrogens with two attached hydrogens (primary N) is 1. The number of rotatable bonds is 4. The molecule has 2 N–H and O–H groups in total. The Morgan fingerprint density at radius 3 is 3.00 bits per heavy atom. The summed E-state index contributed by atoms with van der Waals surface area (Å²) in [5, 5.41) is 0.851. The quantitative estimate of drug-likeness (QED) is 0.834. The van der Waals surface area contributed by atoms with E-state index in [1.54, 1.807) is 11.3 Å². The van der Waals surface area contributed by atoms with Crippen LogP contribution in [0, 0.1) is 0 Å². The molecule has 15 heavy (non-hydrogen) atoms. The van der Waals surface area contributed by atoms with Gasteiger partial charge in [0.25, 0.3) is 0 Å². The first-order valence-corrected chi connectivity index (χ1v) is 6.28. The van der Waals surface area contributed by atoms with Gasteiger partial charge in [-0.25, -0.2) is 4.98 Å². The average molecular weight is 241 g/mol. The van der Waals surface area contributed by atoms with Crippen LogP contribution in [0.1, 0.15) is 18.4 Å². The SMILES string of the molecule is NCCCCc1cc2ncsc2cc1Cl. The molecule has 0 aliphatic heterocycles. The topological polar surface area (TPSA) is 38.9 Å². The molecule has 0 aliphatic carbocycles. The molecule has 1 aromatic heterocycles. The number of aromatic nitrogens is 1. The van der Waals surface area contributed by atoms with Crippen LogP contribution in [0.25, 0.3) is 10.2 Å². The van der Waals surface area contributed by atoms with E-state index in [1.807, 2.05) is 11.6 Å². The highest BCUT2D eigenvalue weighted by atomic mass is 35.5. The van der Waals surface area contributed by atoms with Gasteiger partial charge < -0.3 is 5.73 Å². The summed E-state index contributed by atoms with van der Waals surface area (Å²) in [4.78, 5) is 4.28. The van der Waals surface area contributed by atoms with Crippen molar-refractivity contribution >= 4 is 33.2 Å². The number of thiazole rings is 1. The van der Waals surface area contributed by atoms with Crippen molar-refractivity contribution in [2.45, 2.75) is 19.3 Å². The molecule has 0 radical (unpaired) electrons. The second kappa shape index (κ2) is 4.92. The van der Waals surface area contributed by atoms with Crippen LogP contribution in [0.4, 0.5) is 0 Å². The van der Waals surface area contributed by atoms with Crippen LogP contribution in [-0.4, -0.2) is 11.5 Å². The van der Waals surface area contributed by atoms with E-state index in [-0.39, 0.29) is 0 Å². The summed E-state index contributed by atoms with van der Waals surface area (Å²) in [5.41, 5.74) is 9.55. The van der Waals surface area contributed by atoms with Gasteiger partial charge in [0.1, 0.15) is 0 Å². The van der Waals surface area contributed by atoms with Crippen LogP contribution in [0.15, 0.2) is 17.6 Å². The number of nitrogens with zero attached hydrogens (tertiary/aromatic N) is 1. The smallest absolute Gasteiger partial charge is 0.0815 e. The highest BCUT2D eigenvalue weighted by molar-refractivity contribution is 7.16. The van der Waals surface area contributed by atoms with Crippen LogP contribution in [-0.2, 0) is 6.42 Å². The van der Waals surface area contributed by atoms with Gasteiger partial charge in [-0.1, -0.05) is 11.6 Å². The Morgan fingerprint density at radius 1 is 1.33 bits per heavy atom. The maximum Gasteiger partial charge on any atom is 0.0815 e. The molecule has 80 valence electrons. The Kier molecular flexibility index (Phi) is 3.57. The predicted molar refractivity (Wildman–Crippen MR) is 66.6 cm³/mol.